The summed E-state index contributed by atoms with van der Waals surface area (Å²) >= 11 is 0. The van der Waals surface area contributed by atoms with Crippen LogP contribution >= 0.6 is 0 Å². The monoisotopic (exact) mass is 252 g/mol. The zero-order valence-corrected chi connectivity index (χ0v) is 12.8. The summed E-state index contributed by atoms with van der Waals surface area (Å²) in [6, 6.07) is 1.52. The van der Waals surface area contributed by atoms with Gasteiger partial charge >= 0.3 is 0 Å². The first-order chi connectivity index (χ1) is 8.53. The lowest BCUT2D eigenvalue weighted by molar-refractivity contribution is 0.0188. The van der Waals surface area contributed by atoms with Crippen molar-refractivity contribution in [3.8, 4) is 0 Å². The van der Waals surface area contributed by atoms with Crippen molar-refractivity contribution >= 4 is 0 Å². The van der Waals surface area contributed by atoms with Gasteiger partial charge in [-0.2, -0.15) is 0 Å². The van der Waals surface area contributed by atoms with Crippen LogP contribution in [-0.4, -0.2) is 35.6 Å². The van der Waals surface area contributed by atoms with Crippen LogP contribution in [0.4, 0.5) is 0 Å². The minimum atomic E-state index is 0.286. The van der Waals surface area contributed by atoms with Gasteiger partial charge in [0.2, 0.25) is 0 Å². The third-order valence-corrected chi connectivity index (χ3v) is 5.14. The van der Waals surface area contributed by atoms with Gasteiger partial charge in [-0.1, -0.05) is 26.2 Å². The molecule has 2 unspecified atom stereocenters. The predicted octanol–water partition coefficient (Wildman–Crippen LogP) is 3.42. The summed E-state index contributed by atoms with van der Waals surface area (Å²) in [6.07, 6.45) is 8.57. The van der Waals surface area contributed by atoms with Gasteiger partial charge < -0.3 is 5.32 Å². The van der Waals surface area contributed by atoms with E-state index in [1.54, 1.807) is 0 Å². The molecule has 1 aliphatic heterocycles. The van der Waals surface area contributed by atoms with Gasteiger partial charge in [-0.25, -0.2) is 0 Å². The number of nitrogens with one attached hydrogen (secondary N) is 1. The Morgan fingerprint density at radius 1 is 1.22 bits per heavy atom. The van der Waals surface area contributed by atoms with Gasteiger partial charge in [0.05, 0.1) is 0 Å². The Morgan fingerprint density at radius 2 is 1.89 bits per heavy atom. The lowest BCUT2D eigenvalue weighted by Crippen LogP contribution is -2.65. The van der Waals surface area contributed by atoms with E-state index in [1.807, 2.05) is 0 Å². The molecule has 0 aromatic heterocycles. The molecule has 1 saturated heterocycles. The molecule has 0 aromatic rings. The summed E-state index contributed by atoms with van der Waals surface area (Å²) in [5.41, 5.74) is 0.286. The second-order valence-electron chi connectivity index (χ2n) is 7.16. The van der Waals surface area contributed by atoms with Gasteiger partial charge in [0.25, 0.3) is 0 Å². The molecule has 2 aliphatic rings. The Balaban J connectivity index is 2.06. The smallest absolute Gasteiger partial charge is 0.0253 e. The second-order valence-corrected chi connectivity index (χ2v) is 7.16. The minimum Gasteiger partial charge on any atom is -0.309 e. The van der Waals surface area contributed by atoms with Crippen molar-refractivity contribution in [3.05, 3.63) is 0 Å². The fourth-order valence-corrected chi connectivity index (χ4v) is 3.80. The summed E-state index contributed by atoms with van der Waals surface area (Å²) in [4.78, 5) is 2.81. The molecule has 2 nitrogen and oxygen atoms in total. The Kier molecular flexibility index (Phi) is 4.71. The van der Waals surface area contributed by atoms with Gasteiger partial charge in [0, 0.05) is 30.7 Å². The molecule has 2 rings (SSSR count). The van der Waals surface area contributed by atoms with Crippen LogP contribution in [0, 0.1) is 5.92 Å². The molecule has 2 heteroatoms. The van der Waals surface area contributed by atoms with Crippen LogP contribution in [0.3, 0.4) is 0 Å². The molecule has 106 valence electrons. The van der Waals surface area contributed by atoms with E-state index in [1.165, 1.54) is 51.6 Å². The number of nitrogens with zero attached hydrogens (tertiary/aromatic N) is 1. The summed E-state index contributed by atoms with van der Waals surface area (Å²) in [6.45, 7) is 11.8. The van der Waals surface area contributed by atoms with Gasteiger partial charge in [0.15, 0.2) is 0 Å². The Morgan fingerprint density at radius 3 is 2.50 bits per heavy atom. The van der Waals surface area contributed by atoms with Crippen molar-refractivity contribution in [3.63, 3.8) is 0 Å². The van der Waals surface area contributed by atoms with E-state index in [2.05, 4.69) is 37.9 Å². The first kappa shape index (κ1) is 14.3. The third kappa shape index (κ3) is 3.27. The molecule has 1 saturated carbocycles. The molecular weight excluding hydrogens is 220 g/mol. The molecule has 0 radical (unpaired) electrons. The van der Waals surface area contributed by atoms with Crippen molar-refractivity contribution in [2.75, 3.05) is 13.1 Å². The molecule has 2 atom stereocenters. The second kappa shape index (κ2) is 5.92. The maximum Gasteiger partial charge on any atom is 0.0253 e. The SMILES string of the molecule is CCC(C)N1CC(C)(C)NCC1C1CCCCC1. The molecule has 0 spiro atoms. The van der Waals surface area contributed by atoms with Gasteiger partial charge in [0.1, 0.15) is 0 Å². The van der Waals surface area contributed by atoms with Crippen molar-refractivity contribution in [2.45, 2.75) is 83.8 Å². The van der Waals surface area contributed by atoms with Crippen molar-refractivity contribution in [2.24, 2.45) is 5.92 Å². The maximum absolute atomic E-state index is 3.77. The van der Waals surface area contributed by atoms with E-state index in [4.69, 9.17) is 0 Å². The van der Waals surface area contributed by atoms with E-state index in [0.717, 1.165) is 18.0 Å². The van der Waals surface area contributed by atoms with Crippen molar-refractivity contribution in [1.82, 2.24) is 10.2 Å². The van der Waals surface area contributed by atoms with E-state index in [0.29, 0.717) is 0 Å². The summed E-state index contributed by atoms with van der Waals surface area (Å²) in [5.74, 6) is 0.941. The van der Waals surface area contributed by atoms with Crippen LogP contribution in [0.5, 0.6) is 0 Å². The largest absolute Gasteiger partial charge is 0.309 e. The van der Waals surface area contributed by atoms with Crippen molar-refractivity contribution in [1.29, 1.82) is 0 Å². The summed E-state index contributed by atoms with van der Waals surface area (Å²) in [7, 11) is 0. The fourth-order valence-electron chi connectivity index (χ4n) is 3.80. The normalized spacial score (nSPS) is 32.3. The number of piperazine rings is 1. The van der Waals surface area contributed by atoms with E-state index >= 15 is 0 Å². The Bertz CT molecular complexity index is 256. The number of hydrogen-bond donors (Lipinski definition) is 1. The van der Waals surface area contributed by atoms with Crippen LogP contribution in [0.15, 0.2) is 0 Å². The lowest BCUT2D eigenvalue weighted by Gasteiger charge is -2.50. The molecule has 2 fully saturated rings. The summed E-state index contributed by atoms with van der Waals surface area (Å²) in [5, 5.41) is 3.77. The van der Waals surface area contributed by atoms with Crippen LogP contribution in [0.1, 0.15) is 66.2 Å². The molecule has 1 aliphatic carbocycles. The molecule has 1 heterocycles. The van der Waals surface area contributed by atoms with Crippen LogP contribution in [0.2, 0.25) is 0 Å². The first-order valence-corrected chi connectivity index (χ1v) is 8.04. The Labute approximate surface area is 114 Å². The predicted molar refractivity (Wildman–Crippen MR) is 78.9 cm³/mol. The number of hydrogen-bond acceptors (Lipinski definition) is 2. The number of rotatable bonds is 3. The zero-order chi connectivity index (χ0) is 13.2. The van der Waals surface area contributed by atoms with E-state index < -0.39 is 0 Å². The van der Waals surface area contributed by atoms with E-state index in [9.17, 15) is 0 Å². The maximum atomic E-state index is 3.77. The molecule has 18 heavy (non-hydrogen) atoms. The molecule has 1 N–H and O–H groups in total. The Hall–Kier alpha value is -0.0800. The van der Waals surface area contributed by atoms with Gasteiger partial charge in [-0.05, 0) is 46.0 Å². The van der Waals surface area contributed by atoms with Gasteiger partial charge in [-0.3, -0.25) is 4.90 Å². The van der Waals surface area contributed by atoms with Crippen molar-refractivity contribution < 1.29 is 0 Å². The average molecular weight is 252 g/mol. The van der Waals surface area contributed by atoms with Crippen LogP contribution in [0.25, 0.3) is 0 Å². The molecular formula is C16H32N2. The standard InChI is InChI=1S/C16H32N2/c1-5-13(2)18-12-16(3,4)17-11-15(18)14-9-7-6-8-10-14/h13-15,17H,5-12H2,1-4H3. The zero-order valence-electron chi connectivity index (χ0n) is 12.8. The minimum absolute atomic E-state index is 0.286. The first-order valence-electron chi connectivity index (χ1n) is 8.04. The summed E-state index contributed by atoms with van der Waals surface area (Å²) < 4.78 is 0. The fraction of sp³-hybridized carbons (Fsp3) is 1.00. The highest BCUT2D eigenvalue weighted by Crippen LogP contribution is 2.32. The quantitative estimate of drug-likeness (QED) is 0.828. The highest BCUT2D eigenvalue weighted by molar-refractivity contribution is 4.96. The third-order valence-electron chi connectivity index (χ3n) is 5.14. The van der Waals surface area contributed by atoms with Gasteiger partial charge in [-0.15, -0.1) is 0 Å². The van der Waals surface area contributed by atoms with Crippen LogP contribution < -0.4 is 5.32 Å². The lowest BCUT2D eigenvalue weighted by atomic mass is 9.80. The highest BCUT2D eigenvalue weighted by Gasteiger charge is 2.38. The van der Waals surface area contributed by atoms with Crippen LogP contribution in [-0.2, 0) is 0 Å². The molecule has 0 bridgehead atoms. The highest BCUT2D eigenvalue weighted by atomic mass is 15.3. The van der Waals surface area contributed by atoms with E-state index in [-0.39, 0.29) is 5.54 Å². The molecule has 0 amide bonds. The average Bonchev–Trinajstić information content (AvgIpc) is 2.38. The topological polar surface area (TPSA) is 15.3 Å². The molecule has 0 aromatic carbocycles.